The van der Waals surface area contributed by atoms with Gasteiger partial charge < -0.3 is 10.0 Å². The highest BCUT2D eigenvalue weighted by Gasteiger charge is 2.25. The Labute approximate surface area is 70.5 Å². The first-order valence-corrected chi connectivity index (χ1v) is 3.70. The number of carbonyl (C=O) groups excluding carboxylic acids is 1. The van der Waals surface area contributed by atoms with Crippen molar-refractivity contribution in [2.75, 3.05) is 13.1 Å². The number of hydrogen-bond donors (Lipinski definition) is 1. The van der Waals surface area contributed by atoms with Gasteiger partial charge in [0.05, 0.1) is 0 Å². The molecule has 12 heavy (non-hydrogen) atoms. The van der Waals surface area contributed by atoms with Crippen LogP contribution >= 0.6 is 0 Å². The number of carbonyl (C=O) groups is 2. The summed E-state index contributed by atoms with van der Waals surface area (Å²) in [5, 5.41) is 8.58. The van der Waals surface area contributed by atoms with Crippen molar-refractivity contribution in [1.82, 2.24) is 4.90 Å². The Kier molecular flexibility index (Phi) is 2.17. The van der Waals surface area contributed by atoms with Gasteiger partial charge in [-0.25, -0.2) is 4.79 Å². The predicted molar refractivity (Wildman–Crippen MR) is 42.6 cm³/mol. The largest absolute Gasteiger partial charge is 0.478 e. The third-order valence-electron chi connectivity index (χ3n) is 2.06. The molecule has 0 aromatic rings. The van der Waals surface area contributed by atoms with E-state index in [1.807, 2.05) is 0 Å². The van der Waals surface area contributed by atoms with Crippen LogP contribution in [0.2, 0.25) is 0 Å². The number of hydrogen-bond acceptors (Lipinski definition) is 2. The summed E-state index contributed by atoms with van der Waals surface area (Å²) in [5.41, 5.74) is 1.21. The fourth-order valence-electron chi connectivity index (χ4n) is 1.03. The van der Waals surface area contributed by atoms with E-state index in [2.05, 4.69) is 0 Å². The molecule has 0 aliphatic carbocycles. The smallest absolute Gasteiger partial charge is 0.331 e. The lowest BCUT2D eigenvalue weighted by molar-refractivity contribution is -0.134. The molecule has 0 radical (unpaired) electrons. The highest BCUT2D eigenvalue weighted by molar-refractivity contribution is 5.88. The molecule has 0 saturated carbocycles. The lowest BCUT2D eigenvalue weighted by Gasteiger charge is -2.33. The van der Waals surface area contributed by atoms with Gasteiger partial charge in [-0.2, -0.15) is 0 Å². The van der Waals surface area contributed by atoms with Gasteiger partial charge in [0.1, 0.15) is 0 Å². The summed E-state index contributed by atoms with van der Waals surface area (Å²) in [6.07, 6.45) is 0. The predicted octanol–water partition coefficient (Wildman–Crippen LogP) is 0.250. The van der Waals surface area contributed by atoms with Crippen LogP contribution in [0.15, 0.2) is 11.1 Å². The average Bonchev–Trinajstić information content (AvgIpc) is 1.82. The summed E-state index contributed by atoms with van der Waals surface area (Å²) in [7, 11) is 0. The van der Waals surface area contributed by atoms with E-state index in [4.69, 9.17) is 5.11 Å². The number of carboxylic acid groups (broad SMARTS) is 1. The Morgan fingerprint density at radius 1 is 1.33 bits per heavy atom. The van der Waals surface area contributed by atoms with Crippen LogP contribution in [-0.4, -0.2) is 35.0 Å². The summed E-state index contributed by atoms with van der Waals surface area (Å²) in [6.45, 7) is 4.00. The van der Waals surface area contributed by atoms with Crippen molar-refractivity contribution in [2.24, 2.45) is 0 Å². The van der Waals surface area contributed by atoms with E-state index < -0.39 is 5.97 Å². The van der Waals surface area contributed by atoms with Crippen LogP contribution in [0.1, 0.15) is 13.8 Å². The molecule has 1 saturated heterocycles. The van der Waals surface area contributed by atoms with Crippen LogP contribution in [0.25, 0.3) is 0 Å². The summed E-state index contributed by atoms with van der Waals surface area (Å²) in [5.74, 6) is -0.898. The molecule has 0 unspecified atom stereocenters. The first kappa shape index (κ1) is 8.77. The average molecular weight is 169 g/mol. The molecule has 0 aromatic heterocycles. The molecular weight excluding hydrogens is 158 g/mol. The van der Waals surface area contributed by atoms with Gasteiger partial charge in [0.15, 0.2) is 0 Å². The molecule has 0 atom stereocenters. The van der Waals surface area contributed by atoms with Gasteiger partial charge in [-0.05, 0) is 12.5 Å². The molecule has 1 heterocycles. The molecule has 1 aliphatic rings. The second kappa shape index (κ2) is 2.97. The molecule has 0 aromatic carbocycles. The van der Waals surface area contributed by atoms with Crippen molar-refractivity contribution in [3.05, 3.63) is 11.1 Å². The van der Waals surface area contributed by atoms with Crippen LogP contribution in [0, 0.1) is 0 Å². The lowest BCUT2D eigenvalue weighted by Crippen LogP contribution is -2.44. The first-order chi connectivity index (χ1) is 5.52. The van der Waals surface area contributed by atoms with Crippen molar-refractivity contribution in [1.29, 1.82) is 0 Å². The molecule has 1 N–H and O–H groups in total. The third kappa shape index (κ3) is 1.47. The van der Waals surface area contributed by atoms with Crippen molar-refractivity contribution in [2.45, 2.75) is 13.8 Å². The Balaban J connectivity index is 2.59. The van der Waals surface area contributed by atoms with Crippen LogP contribution in [0.3, 0.4) is 0 Å². The standard InChI is InChI=1S/C8H11NO3/c1-5(8(11)12)7-3-9(4-7)6(2)10/h3-4H2,1-2H3,(H,11,12). The van der Waals surface area contributed by atoms with Gasteiger partial charge >= 0.3 is 5.97 Å². The quantitative estimate of drug-likeness (QED) is 0.572. The zero-order valence-corrected chi connectivity index (χ0v) is 7.13. The van der Waals surface area contributed by atoms with E-state index in [1.165, 1.54) is 6.92 Å². The van der Waals surface area contributed by atoms with Gasteiger partial charge in [0, 0.05) is 25.6 Å². The maximum atomic E-state index is 10.7. The fraction of sp³-hybridized carbons (Fsp3) is 0.500. The summed E-state index contributed by atoms with van der Waals surface area (Å²) < 4.78 is 0. The van der Waals surface area contributed by atoms with Crippen molar-refractivity contribution in [3.8, 4) is 0 Å². The molecule has 1 rings (SSSR count). The molecule has 1 aliphatic heterocycles. The molecular formula is C8H11NO3. The van der Waals surface area contributed by atoms with E-state index >= 15 is 0 Å². The maximum absolute atomic E-state index is 10.7. The Bertz CT molecular complexity index is 259. The minimum absolute atomic E-state index is 0.00283. The fourth-order valence-corrected chi connectivity index (χ4v) is 1.03. The van der Waals surface area contributed by atoms with Crippen molar-refractivity contribution < 1.29 is 14.7 Å². The third-order valence-corrected chi connectivity index (χ3v) is 2.06. The number of amides is 1. The van der Waals surface area contributed by atoms with Crippen LogP contribution in [-0.2, 0) is 9.59 Å². The van der Waals surface area contributed by atoms with Crippen molar-refractivity contribution in [3.63, 3.8) is 0 Å². The van der Waals surface area contributed by atoms with Crippen LogP contribution in [0.4, 0.5) is 0 Å². The van der Waals surface area contributed by atoms with E-state index in [0.29, 0.717) is 18.7 Å². The number of likely N-dealkylation sites (tertiary alicyclic amines) is 1. The number of rotatable bonds is 1. The van der Waals surface area contributed by atoms with Crippen LogP contribution in [0.5, 0.6) is 0 Å². The highest BCUT2D eigenvalue weighted by atomic mass is 16.4. The summed E-state index contributed by atoms with van der Waals surface area (Å²) in [6, 6.07) is 0. The highest BCUT2D eigenvalue weighted by Crippen LogP contribution is 2.18. The Morgan fingerprint density at radius 3 is 2.17 bits per heavy atom. The molecule has 0 bridgehead atoms. The zero-order valence-electron chi connectivity index (χ0n) is 7.13. The van der Waals surface area contributed by atoms with E-state index in [0.717, 1.165) is 5.57 Å². The Hall–Kier alpha value is -1.32. The van der Waals surface area contributed by atoms with Crippen LogP contribution < -0.4 is 0 Å². The van der Waals surface area contributed by atoms with E-state index in [1.54, 1.807) is 11.8 Å². The molecule has 0 spiro atoms. The minimum Gasteiger partial charge on any atom is -0.478 e. The monoisotopic (exact) mass is 169 g/mol. The van der Waals surface area contributed by atoms with Gasteiger partial charge in [-0.1, -0.05) is 0 Å². The second-order valence-corrected chi connectivity index (χ2v) is 2.91. The number of aliphatic carboxylic acids is 1. The number of nitrogens with zero attached hydrogens (tertiary/aromatic N) is 1. The normalized spacial score (nSPS) is 15.5. The molecule has 66 valence electrons. The Morgan fingerprint density at radius 2 is 1.83 bits per heavy atom. The molecule has 1 fully saturated rings. The van der Waals surface area contributed by atoms with Gasteiger partial charge in [-0.15, -0.1) is 0 Å². The topological polar surface area (TPSA) is 57.6 Å². The van der Waals surface area contributed by atoms with E-state index in [9.17, 15) is 9.59 Å². The summed E-state index contributed by atoms with van der Waals surface area (Å²) in [4.78, 5) is 22.8. The first-order valence-electron chi connectivity index (χ1n) is 3.70. The molecule has 4 heteroatoms. The van der Waals surface area contributed by atoms with E-state index in [-0.39, 0.29) is 5.91 Å². The minimum atomic E-state index is -0.895. The van der Waals surface area contributed by atoms with Gasteiger partial charge in [0.2, 0.25) is 5.91 Å². The lowest BCUT2D eigenvalue weighted by atomic mass is 10.0. The molecule has 1 amide bonds. The maximum Gasteiger partial charge on any atom is 0.331 e. The summed E-state index contributed by atoms with van der Waals surface area (Å²) >= 11 is 0. The molecule has 4 nitrogen and oxygen atoms in total. The van der Waals surface area contributed by atoms with Gasteiger partial charge in [-0.3, -0.25) is 4.79 Å². The van der Waals surface area contributed by atoms with Crippen molar-refractivity contribution >= 4 is 11.9 Å². The number of carboxylic acids is 1. The van der Waals surface area contributed by atoms with Gasteiger partial charge in [0.25, 0.3) is 0 Å². The second-order valence-electron chi connectivity index (χ2n) is 2.91. The zero-order chi connectivity index (χ0) is 9.30. The SMILES string of the molecule is CC(=O)N1CC(=C(C)C(=O)O)C1.